The predicted molar refractivity (Wildman–Crippen MR) is 74.8 cm³/mol. The molecule has 0 saturated carbocycles. The molecule has 0 aromatic heterocycles. The molecule has 18 heavy (non-hydrogen) atoms. The molecule has 3 nitrogen and oxygen atoms in total. The monoisotopic (exact) mass is 311 g/mol. The molecule has 1 fully saturated rings. The Labute approximate surface area is 116 Å². The van der Waals surface area contributed by atoms with E-state index in [9.17, 15) is 4.79 Å². The second-order valence-electron chi connectivity index (χ2n) is 4.90. The van der Waals surface area contributed by atoms with Gasteiger partial charge >= 0.3 is 0 Å². The van der Waals surface area contributed by atoms with Crippen molar-refractivity contribution in [1.82, 2.24) is 4.90 Å². The molecule has 1 aliphatic rings. The van der Waals surface area contributed by atoms with Crippen molar-refractivity contribution in [2.24, 2.45) is 0 Å². The topological polar surface area (TPSA) is 29.5 Å². The first-order valence-electron chi connectivity index (χ1n) is 6.19. The first kappa shape index (κ1) is 13.6. The second kappa shape index (κ2) is 5.41. The van der Waals surface area contributed by atoms with E-state index in [1.807, 2.05) is 43.9 Å². The minimum atomic E-state index is 0.0765. The Morgan fingerprint density at radius 2 is 1.94 bits per heavy atom. The van der Waals surface area contributed by atoms with Gasteiger partial charge in [-0.15, -0.1) is 0 Å². The van der Waals surface area contributed by atoms with E-state index >= 15 is 0 Å². The molecule has 1 saturated heterocycles. The number of aryl methyl sites for hydroxylation is 1. The number of amides is 1. The largest absolute Gasteiger partial charge is 0.372 e. The van der Waals surface area contributed by atoms with Crippen LogP contribution < -0.4 is 0 Å². The highest BCUT2D eigenvalue weighted by atomic mass is 79.9. The van der Waals surface area contributed by atoms with Gasteiger partial charge in [0.2, 0.25) is 0 Å². The molecule has 2 atom stereocenters. The summed E-state index contributed by atoms with van der Waals surface area (Å²) >= 11 is 3.50. The standard InChI is InChI=1S/C14H18BrNO2/c1-9-5-4-6-12(13(9)15)14(17)16-7-10(2)18-11(3)8-16/h4-6,10-11H,7-8H2,1-3H3/t10-,11+. The molecule has 4 heteroatoms. The molecule has 98 valence electrons. The minimum absolute atomic E-state index is 0.0765. The van der Waals surface area contributed by atoms with Gasteiger partial charge in [-0.1, -0.05) is 12.1 Å². The Morgan fingerprint density at radius 3 is 2.56 bits per heavy atom. The number of rotatable bonds is 1. The fourth-order valence-corrected chi connectivity index (χ4v) is 2.76. The molecular weight excluding hydrogens is 294 g/mol. The molecule has 1 amide bonds. The van der Waals surface area contributed by atoms with Gasteiger partial charge in [0.1, 0.15) is 0 Å². The number of carbonyl (C=O) groups is 1. The van der Waals surface area contributed by atoms with Crippen LogP contribution in [0.4, 0.5) is 0 Å². The molecule has 0 bridgehead atoms. The molecule has 0 N–H and O–H groups in total. The second-order valence-corrected chi connectivity index (χ2v) is 5.70. The van der Waals surface area contributed by atoms with Gasteiger partial charge < -0.3 is 9.64 Å². The summed E-state index contributed by atoms with van der Waals surface area (Å²) in [6, 6.07) is 5.77. The molecule has 1 aromatic rings. The number of nitrogens with zero attached hydrogens (tertiary/aromatic N) is 1. The predicted octanol–water partition coefficient (Wildman–Crippen LogP) is 3.01. The van der Waals surface area contributed by atoms with Crippen LogP contribution in [0.3, 0.4) is 0 Å². The van der Waals surface area contributed by atoms with Crippen LogP contribution in [0.2, 0.25) is 0 Å². The van der Waals surface area contributed by atoms with Crippen molar-refractivity contribution >= 4 is 21.8 Å². The van der Waals surface area contributed by atoms with Crippen molar-refractivity contribution in [2.75, 3.05) is 13.1 Å². The van der Waals surface area contributed by atoms with Crippen molar-refractivity contribution in [2.45, 2.75) is 33.0 Å². The molecular formula is C14H18BrNO2. The van der Waals surface area contributed by atoms with Gasteiger partial charge in [0.05, 0.1) is 17.8 Å². The Balaban J connectivity index is 2.23. The van der Waals surface area contributed by atoms with Gasteiger partial charge in [-0.2, -0.15) is 0 Å². The van der Waals surface area contributed by atoms with Crippen LogP contribution in [-0.4, -0.2) is 36.1 Å². The Kier molecular flexibility index (Phi) is 4.07. The zero-order valence-electron chi connectivity index (χ0n) is 10.9. The number of halogens is 1. The van der Waals surface area contributed by atoms with E-state index in [0.717, 1.165) is 15.6 Å². The first-order chi connectivity index (χ1) is 8.49. The number of ether oxygens (including phenoxy) is 1. The van der Waals surface area contributed by atoms with Crippen molar-refractivity contribution in [3.8, 4) is 0 Å². The maximum absolute atomic E-state index is 12.5. The summed E-state index contributed by atoms with van der Waals surface area (Å²) in [5, 5.41) is 0. The van der Waals surface area contributed by atoms with Crippen LogP contribution >= 0.6 is 15.9 Å². The van der Waals surface area contributed by atoms with Gasteiger partial charge in [-0.25, -0.2) is 0 Å². The van der Waals surface area contributed by atoms with Crippen molar-refractivity contribution < 1.29 is 9.53 Å². The fourth-order valence-electron chi connectivity index (χ4n) is 2.33. The maximum Gasteiger partial charge on any atom is 0.255 e. The highest BCUT2D eigenvalue weighted by Crippen LogP contribution is 2.23. The summed E-state index contributed by atoms with van der Waals surface area (Å²) in [4.78, 5) is 14.4. The molecule has 0 unspecified atom stereocenters. The van der Waals surface area contributed by atoms with Crippen LogP contribution in [0, 0.1) is 6.92 Å². The number of benzene rings is 1. The lowest BCUT2D eigenvalue weighted by Gasteiger charge is -2.35. The number of morpholine rings is 1. The van der Waals surface area contributed by atoms with E-state index in [-0.39, 0.29) is 18.1 Å². The smallest absolute Gasteiger partial charge is 0.255 e. The Bertz CT molecular complexity index is 451. The lowest BCUT2D eigenvalue weighted by atomic mass is 10.1. The lowest BCUT2D eigenvalue weighted by molar-refractivity contribution is -0.0586. The van der Waals surface area contributed by atoms with Gasteiger partial charge in [-0.3, -0.25) is 4.79 Å². The molecule has 1 aromatic carbocycles. The van der Waals surface area contributed by atoms with E-state index < -0.39 is 0 Å². The quantitative estimate of drug-likeness (QED) is 0.798. The van der Waals surface area contributed by atoms with Gasteiger partial charge in [-0.05, 0) is 48.3 Å². The van der Waals surface area contributed by atoms with E-state index in [0.29, 0.717) is 13.1 Å². The molecule has 1 heterocycles. The van der Waals surface area contributed by atoms with E-state index in [4.69, 9.17) is 4.74 Å². The highest BCUT2D eigenvalue weighted by Gasteiger charge is 2.27. The molecule has 1 aliphatic heterocycles. The molecule has 0 radical (unpaired) electrons. The molecule has 0 spiro atoms. The van der Waals surface area contributed by atoms with Crippen LogP contribution in [0.5, 0.6) is 0 Å². The SMILES string of the molecule is Cc1cccc(C(=O)N2C[C@@H](C)O[C@@H](C)C2)c1Br. The molecule has 0 aliphatic carbocycles. The first-order valence-corrected chi connectivity index (χ1v) is 6.98. The van der Waals surface area contributed by atoms with Crippen molar-refractivity contribution in [3.63, 3.8) is 0 Å². The average Bonchev–Trinajstić information content (AvgIpc) is 2.30. The minimum Gasteiger partial charge on any atom is -0.372 e. The summed E-state index contributed by atoms with van der Waals surface area (Å²) in [6.45, 7) is 7.31. The van der Waals surface area contributed by atoms with Gasteiger partial charge in [0.25, 0.3) is 5.91 Å². The summed E-state index contributed by atoms with van der Waals surface area (Å²) in [7, 11) is 0. The summed E-state index contributed by atoms with van der Waals surface area (Å²) in [5.41, 5.74) is 1.81. The number of hydrogen-bond donors (Lipinski definition) is 0. The zero-order valence-corrected chi connectivity index (χ0v) is 12.5. The zero-order chi connectivity index (χ0) is 13.3. The van der Waals surface area contributed by atoms with Gasteiger partial charge in [0.15, 0.2) is 0 Å². The van der Waals surface area contributed by atoms with E-state index in [1.165, 1.54) is 0 Å². The summed E-state index contributed by atoms with van der Waals surface area (Å²) < 4.78 is 6.54. The van der Waals surface area contributed by atoms with E-state index in [2.05, 4.69) is 15.9 Å². The van der Waals surface area contributed by atoms with Gasteiger partial charge in [0, 0.05) is 17.6 Å². The summed E-state index contributed by atoms with van der Waals surface area (Å²) in [5.74, 6) is 0.0765. The average molecular weight is 312 g/mol. The molecule has 2 rings (SSSR count). The highest BCUT2D eigenvalue weighted by molar-refractivity contribution is 9.10. The van der Waals surface area contributed by atoms with E-state index in [1.54, 1.807) is 0 Å². The Morgan fingerprint density at radius 1 is 1.33 bits per heavy atom. The number of carbonyl (C=O) groups excluding carboxylic acids is 1. The third kappa shape index (κ3) is 2.75. The maximum atomic E-state index is 12.5. The fraction of sp³-hybridized carbons (Fsp3) is 0.500. The Hall–Kier alpha value is -0.870. The van der Waals surface area contributed by atoms with Crippen LogP contribution in [0.1, 0.15) is 29.8 Å². The third-order valence-corrected chi connectivity index (χ3v) is 4.18. The third-order valence-electron chi connectivity index (χ3n) is 3.13. The van der Waals surface area contributed by atoms with Crippen LogP contribution in [0.25, 0.3) is 0 Å². The summed E-state index contributed by atoms with van der Waals surface area (Å²) in [6.07, 6.45) is 0.197. The van der Waals surface area contributed by atoms with Crippen molar-refractivity contribution in [3.05, 3.63) is 33.8 Å². The van der Waals surface area contributed by atoms with Crippen LogP contribution in [0.15, 0.2) is 22.7 Å². The van der Waals surface area contributed by atoms with Crippen molar-refractivity contribution in [1.29, 1.82) is 0 Å². The number of hydrogen-bond acceptors (Lipinski definition) is 2. The normalized spacial score (nSPS) is 24.1. The lowest BCUT2D eigenvalue weighted by Crippen LogP contribution is -2.48. The van der Waals surface area contributed by atoms with Crippen LogP contribution in [-0.2, 0) is 4.74 Å².